The zero-order chi connectivity index (χ0) is 13.0. The van der Waals surface area contributed by atoms with Crippen molar-refractivity contribution in [3.63, 3.8) is 0 Å². The molecule has 1 aliphatic carbocycles. The average molecular weight is 267 g/mol. The molecule has 0 aliphatic heterocycles. The Balaban J connectivity index is 2.09. The Labute approximate surface area is 113 Å². The Morgan fingerprint density at radius 3 is 3.00 bits per heavy atom. The highest BCUT2D eigenvalue weighted by atomic mass is 35.5. The minimum absolute atomic E-state index is 0.223. The first kappa shape index (κ1) is 13.4. The van der Waals surface area contributed by atoms with Gasteiger partial charge in [-0.15, -0.1) is 0 Å². The number of aldehydes is 1. The predicted molar refractivity (Wildman–Crippen MR) is 73.5 cm³/mol. The molecular formula is C15H19ClO2. The minimum Gasteiger partial charge on any atom is -0.490 e. The van der Waals surface area contributed by atoms with Gasteiger partial charge in [-0.25, -0.2) is 0 Å². The van der Waals surface area contributed by atoms with Gasteiger partial charge in [0.05, 0.1) is 16.7 Å². The van der Waals surface area contributed by atoms with E-state index in [9.17, 15) is 4.79 Å². The molecule has 2 rings (SSSR count). The third-order valence-electron chi connectivity index (χ3n) is 3.74. The van der Waals surface area contributed by atoms with Gasteiger partial charge < -0.3 is 4.74 Å². The molecule has 2 nitrogen and oxygen atoms in total. The van der Waals surface area contributed by atoms with Gasteiger partial charge in [0, 0.05) is 0 Å². The van der Waals surface area contributed by atoms with Crippen LogP contribution in [0.1, 0.15) is 49.4 Å². The first-order valence-electron chi connectivity index (χ1n) is 6.65. The number of halogens is 1. The van der Waals surface area contributed by atoms with Crippen LogP contribution >= 0.6 is 11.6 Å². The van der Waals surface area contributed by atoms with Gasteiger partial charge in [0.25, 0.3) is 0 Å². The number of hydrogen-bond acceptors (Lipinski definition) is 2. The molecule has 0 bridgehead atoms. The van der Waals surface area contributed by atoms with Crippen molar-refractivity contribution in [2.24, 2.45) is 5.92 Å². The van der Waals surface area contributed by atoms with Crippen LogP contribution in [0.15, 0.2) is 18.2 Å². The molecule has 2 atom stereocenters. The van der Waals surface area contributed by atoms with Crippen LogP contribution < -0.4 is 4.74 Å². The molecule has 18 heavy (non-hydrogen) atoms. The van der Waals surface area contributed by atoms with E-state index in [4.69, 9.17) is 16.3 Å². The van der Waals surface area contributed by atoms with Crippen molar-refractivity contribution in [3.05, 3.63) is 28.8 Å². The number of carbonyl (C=O) groups excluding carboxylic acids is 1. The van der Waals surface area contributed by atoms with Crippen LogP contribution in [0, 0.1) is 5.92 Å². The van der Waals surface area contributed by atoms with Gasteiger partial charge in [0.1, 0.15) is 5.75 Å². The second-order valence-electron chi connectivity index (χ2n) is 4.95. The maximum absolute atomic E-state index is 11.0. The van der Waals surface area contributed by atoms with E-state index in [2.05, 4.69) is 6.92 Å². The second-order valence-corrected chi connectivity index (χ2v) is 5.36. The third-order valence-corrected chi connectivity index (χ3v) is 4.07. The maximum atomic E-state index is 11.0. The van der Waals surface area contributed by atoms with Crippen molar-refractivity contribution in [1.82, 2.24) is 0 Å². The van der Waals surface area contributed by atoms with Crippen molar-refractivity contribution in [1.29, 1.82) is 0 Å². The topological polar surface area (TPSA) is 26.3 Å². The Morgan fingerprint density at radius 1 is 1.44 bits per heavy atom. The summed E-state index contributed by atoms with van der Waals surface area (Å²) < 4.78 is 5.97. The molecule has 1 aromatic rings. The molecule has 0 saturated heterocycles. The smallest absolute Gasteiger partial charge is 0.155 e. The molecule has 0 amide bonds. The second kappa shape index (κ2) is 6.24. The van der Waals surface area contributed by atoms with E-state index >= 15 is 0 Å². The standard InChI is InChI=1S/C15H19ClO2/c1-2-11-5-3-6-12(9-11)18-15-8-4-7-14(16)13(15)10-17/h4,7-8,10-12H,2-3,5-6,9H2,1H3. The molecule has 0 aromatic heterocycles. The molecule has 98 valence electrons. The molecule has 1 aliphatic rings. The van der Waals surface area contributed by atoms with Crippen molar-refractivity contribution < 1.29 is 9.53 Å². The lowest BCUT2D eigenvalue weighted by Crippen LogP contribution is -2.25. The van der Waals surface area contributed by atoms with Crippen LogP contribution in [0.3, 0.4) is 0 Å². The van der Waals surface area contributed by atoms with Gasteiger partial charge in [0.2, 0.25) is 0 Å². The first-order valence-corrected chi connectivity index (χ1v) is 7.02. The van der Waals surface area contributed by atoms with Crippen LogP contribution in [-0.2, 0) is 0 Å². The van der Waals surface area contributed by atoms with Crippen molar-refractivity contribution in [3.8, 4) is 5.75 Å². The van der Waals surface area contributed by atoms with E-state index in [-0.39, 0.29) is 6.10 Å². The van der Waals surface area contributed by atoms with Gasteiger partial charge in [0.15, 0.2) is 6.29 Å². The van der Waals surface area contributed by atoms with Gasteiger partial charge >= 0.3 is 0 Å². The van der Waals surface area contributed by atoms with Crippen LogP contribution in [0.2, 0.25) is 5.02 Å². The number of hydrogen-bond donors (Lipinski definition) is 0. The summed E-state index contributed by atoms with van der Waals surface area (Å²) in [6.07, 6.45) is 6.86. The quantitative estimate of drug-likeness (QED) is 0.750. The fraction of sp³-hybridized carbons (Fsp3) is 0.533. The molecule has 1 saturated carbocycles. The molecular weight excluding hydrogens is 248 g/mol. The normalized spacial score (nSPS) is 23.7. The lowest BCUT2D eigenvalue weighted by Gasteiger charge is -2.29. The highest BCUT2D eigenvalue weighted by molar-refractivity contribution is 6.33. The summed E-state index contributed by atoms with van der Waals surface area (Å²) in [7, 11) is 0. The van der Waals surface area contributed by atoms with Crippen molar-refractivity contribution >= 4 is 17.9 Å². The summed E-state index contributed by atoms with van der Waals surface area (Å²) in [5.74, 6) is 1.38. The monoisotopic (exact) mass is 266 g/mol. The Hall–Kier alpha value is -1.02. The molecule has 1 aromatic carbocycles. The molecule has 0 heterocycles. The van der Waals surface area contributed by atoms with Crippen LogP contribution in [0.25, 0.3) is 0 Å². The SMILES string of the molecule is CCC1CCCC(Oc2cccc(Cl)c2C=O)C1. The highest BCUT2D eigenvalue weighted by Gasteiger charge is 2.23. The molecule has 2 unspecified atom stereocenters. The minimum atomic E-state index is 0.223. The number of ether oxygens (including phenoxy) is 1. The Bertz CT molecular complexity index is 417. The van der Waals surface area contributed by atoms with E-state index in [0.717, 1.165) is 25.0 Å². The Morgan fingerprint density at radius 2 is 2.28 bits per heavy atom. The van der Waals surface area contributed by atoms with Gasteiger partial charge in [-0.3, -0.25) is 4.79 Å². The van der Waals surface area contributed by atoms with Crippen molar-refractivity contribution in [2.75, 3.05) is 0 Å². The largest absolute Gasteiger partial charge is 0.490 e. The van der Waals surface area contributed by atoms with Gasteiger partial charge in [-0.05, 0) is 37.3 Å². The lowest BCUT2D eigenvalue weighted by molar-refractivity contribution is 0.108. The van der Waals surface area contributed by atoms with Crippen LogP contribution in [0.4, 0.5) is 0 Å². The predicted octanol–water partition coefficient (Wildman–Crippen LogP) is 4.50. The van der Waals surface area contributed by atoms with E-state index in [1.807, 2.05) is 12.1 Å². The average Bonchev–Trinajstić information content (AvgIpc) is 2.39. The fourth-order valence-corrected chi connectivity index (χ4v) is 2.84. The number of rotatable bonds is 4. The summed E-state index contributed by atoms with van der Waals surface area (Å²) in [5.41, 5.74) is 0.470. The third kappa shape index (κ3) is 3.05. The summed E-state index contributed by atoms with van der Waals surface area (Å²) in [6, 6.07) is 5.36. The molecule has 1 fully saturated rings. The molecule has 0 N–H and O–H groups in total. The summed E-state index contributed by atoms with van der Waals surface area (Å²) in [6.45, 7) is 2.23. The van der Waals surface area contributed by atoms with E-state index < -0.39 is 0 Å². The zero-order valence-corrected chi connectivity index (χ0v) is 11.5. The van der Waals surface area contributed by atoms with Crippen LogP contribution in [0.5, 0.6) is 5.75 Å². The summed E-state index contributed by atoms with van der Waals surface area (Å²) >= 11 is 5.99. The summed E-state index contributed by atoms with van der Waals surface area (Å²) in [4.78, 5) is 11.0. The maximum Gasteiger partial charge on any atom is 0.155 e. The number of carbonyl (C=O) groups is 1. The lowest BCUT2D eigenvalue weighted by atomic mass is 9.85. The fourth-order valence-electron chi connectivity index (χ4n) is 2.63. The number of benzene rings is 1. The Kier molecular flexibility index (Phi) is 4.65. The van der Waals surface area contributed by atoms with Gasteiger partial charge in [-0.1, -0.05) is 37.4 Å². The molecule has 0 radical (unpaired) electrons. The zero-order valence-electron chi connectivity index (χ0n) is 10.7. The van der Waals surface area contributed by atoms with E-state index in [0.29, 0.717) is 16.3 Å². The van der Waals surface area contributed by atoms with Gasteiger partial charge in [-0.2, -0.15) is 0 Å². The van der Waals surface area contributed by atoms with E-state index in [1.165, 1.54) is 19.3 Å². The highest BCUT2D eigenvalue weighted by Crippen LogP contribution is 2.32. The summed E-state index contributed by atoms with van der Waals surface area (Å²) in [5, 5.41) is 0.463. The van der Waals surface area contributed by atoms with Crippen molar-refractivity contribution in [2.45, 2.75) is 45.1 Å². The van der Waals surface area contributed by atoms with Crippen LogP contribution in [-0.4, -0.2) is 12.4 Å². The molecule has 0 spiro atoms. The van der Waals surface area contributed by atoms with E-state index in [1.54, 1.807) is 6.07 Å². The molecule has 3 heteroatoms. The first-order chi connectivity index (χ1) is 8.74.